The van der Waals surface area contributed by atoms with Crippen LogP contribution in [-0.4, -0.2) is 47.2 Å². The van der Waals surface area contributed by atoms with Crippen LogP contribution in [0.3, 0.4) is 0 Å². The van der Waals surface area contributed by atoms with E-state index in [4.69, 9.17) is 15.5 Å². The first-order chi connectivity index (χ1) is 14.5. The van der Waals surface area contributed by atoms with Crippen LogP contribution in [0, 0.1) is 6.92 Å². The van der Waals surface area contributed by atoms with Gasteiger partial charge in [-0.25, -0.2) is 4.98 Å². The molecule has 4 heterocycles. The maximum atomic E-state index is 12.2. The molecule has 1 saturated heterocycles. The number of hydrogen-bond acceptors (Lipinski definition) is 5. The maximum absolute atomic E-state index is 12.2. The van der Waals surface area contributed by atoms with E-state index in [2.05, 4.69) is 33.1 Å². The lowest BCUT2D eigenvalue weighted by molar-refractivity contribution is 0.100. The van der Waals surface area contributed by atoms with Gasteiger partial charge in [-0.3, -0.25) is 9.78 Å². The first-order valence-corrected chi connectivity index (χ1v) is 10.0. The van der Waals surface area contributed by atoms with Gasteiger partial charge in [0.25, 0.3) is 5.91 Å². The van der Waals surface area contributed by atoms with E-state index in [0.717, 1.165) is 52.9 Å². The number of nitrogens with one attached hydrogen (secondary N) is 1. The zero-order chi connectivity index (χ0) is 20.8. The van der Waals surface area contributed by atoms with Gasteiger partial charge in [-0.1, -0.05) is 0 Å². The summed E-state index contributed by atoms with van der Waals surface area (Å²) in [5.41, 5.74) is 12.0. The molecule has 7 nitrogen and oxygen atoms in total. The lowest BCUT2D eigenvalue weighted by Gasteiger charge is -2.18. The van der Waals surface area contributed by atoms with Gasteiger partial charge < -0.3 is 20.4 Å². The van der Waals surface area contributed by atoms with Crippen molar-refractivity contribution in [2.75, 3.05) is 25.1 Å². The fourth-order valence-corrected chi connectivity index (χ4v) is 4.16. The van der Waals surface area contributed by atoms with Gasteiger partial charge in [0.05, 0.1) is 33.9 Å². The van der Waals surface area contributed by atoms with Crippen LogP contribution >= 0.6 is 0 Å². The Morgan fingerprint density at radius 3 is 2.83 bits per heavy atom. The molecule has 0 radical (unpaired) electrons. The summed E-state index contributed by atoms with van der Waals surface area (Å²) in [6.45, 7) is 3.76. The van der Waals surface area contributed by atoms with Crippen LogP contribution in [0.2, 0.25) is 0 Å². The van der Waals surface area contributed by atoms with Crippen LogP contribution in [0.4, 0.5) is 5.69 Å². The molecule has 1 aliphatic rings. The fraction of sp³-hybridized carbons (Fsp3) is 0.261. The molecule has 0 bridgehead atoms. The summed E-state index contributed by atoms with van der Waals surface area (Å²) in [4.78, 5) is 27.1. The second-order valence-electron chi connectivity index (χ2n) is 7.78. The molecule has 1 amide bonds. The van der Waals surface area contributed by atoms with Gasteiger partial charge in [0, 0.05) is 48.7 Å². The van der Waals surface area contributed by atoms with Crippen LogP contribution in [0.1, 0.15) is 22.5 Å². The van der Waals surface area contributed by atoms with E-state index < -0.39 is 5.91 Å². The van der Waals surface area contributed by atoms with Crippen LogP contribution in [0.15, 0.2) is 42.6 Å². The quantitative estimate of drug-likeness (QED) is 0.546. The number of methoxy groups -OCH3 is 1. The summed E-state index contributed by atoms with van der Waals surface area (Å²) in [5.74, 6) is -0.488. The van der Waals surface area contributed by atoms with Gasteiger partial charge in [0.15, 0.2) is 0 Å². The minimum Gasteiger partial charge on any atom is -0.380 e. The monoisotopic (exact) mass is 401 g/mol. The largest absolute Gasteiger partial charge is 0.380 e. The Balaban J connectivity index is 1.66. The number of aromatic nitrogens is 3. The summed E-state index contributed by atoms with van der Waals surface area (Å²) in [7, 11) is 1.76. The first kappa shape index (κ1) is 18.6. The van der Waals surface area contributed by atoms with E-state index in [-0.39, 0.29) is 6.10 Å². The molecule has 0 spiro atoms. The van der Waals surface area contributed by atoms with Crippen LogP contribution < -0.4 is 10.6 Å². The number of carbonyl (C=O) groups excluding carboxylic acids is 1. The summed E-state index contributed by atoms with van der Waals surface area (Å²) in [6, 6.07) is 11.9. The predicted molar refractivity (Wildman–Crippen MR) is 118 cm³/mol. The number of pyridine rings is 2. The Hall–Kier alpha value is -3.45. The molecule has 5 rings (SSSR count). The summed E-state index contributed by atoms with van der Waals surface area (Å²) < 4.78 is 5.49. The number of nitrogens with two attached hydrogens (primary N) is 1. The molecule has 0 aliphatic carbocycles. The summed E-state index contributed by atoms with van der Waals surface area (Å²) in [6.07, 6.45) is 3.04. The molecule has 0 saturated carbocycles. The van der Waals surface area contributed by atoms with Crippen LogP contribution in [0.25, 0.3) is 33.2 Å². The molecule has 1 fully saturated rings. The average Bonchev–Trinajstić information content (AvgIpc) is 3.37. The molecule has 1 aromatic carbocycles. The lowest BCUT2D eigenvalue weighted by Crippen LogP contribution is -2.21. The maximum Gasteiger partial charge on any atom is 0.250 e. The lowest BCUT2D eigenvalue weighted by atomic mass is 10.1. The Labute approximate surface area is 173 Å². The second kappa shape index (κ2) is 7.11. The molecule has 3 N–H and O–H groups in total. The van der Waals surface area contributed by atoms with Gasteiger partial charge in [-0.2, -0.15) is 0 Å². The topological polar surface area (TPSA) is 97.1 Å². The van der Waals surface area contributed by atoms with Gasteiger partial charge in [-0.15, -0.1) is 0 Å². The molecule has 30 heavy (non-hydrogen) atoms. The number of anilines is 1. The van der Waals surface area contributed by atoms with E-state index in [0.29, 0.717) is 16.8 Å². The normalized spacial score (nSPS) is 16.6. The van der Waals surface area contributed by atoms with Crippen molar-refractivity contribution in [1.82, 2.24) is 15.0 Å². The second-order valence-corrected chi connectivity index (χ2v) is 7.78. The summed E-state index contributed by atoms with van der Waals surface area (Å²) in [5, 5.41) is 0.959. The Morgan fingerprint density at radius 1 is 1.27 bits per heavy atom. The number of aromatic amines is 1. The molecule has 7 heteroatoms. The number of hydrogen-bond donors (Lipinski definition) is 2. The van der Waals surface area contributed by atoms with E-state index in [9.17, 15) is 4.79 Å². The molecule has 3 aromatic heterocycles. The highest BCUT2D eigenvalue weighted by molar-refractivity contribution is 6.14. The Bertz CT molecular complexity index is 1260. The summed E-state index contributed by atoms with van der Waals surface area (Å²) >= 11 is 0. The van der Waals surface area contributed by atoms with Crippen molar-refractivity contribution >= 4 is 33.5 Å². The number of nitrogens with zero attached hydrogens (tertiary/aromatic N) is 3. The van der Waals surface area contributed by atoms with Crippen molar-refractivity contribution in [3.63, 3.8) is 0 Å². The Kier molecular flexibility index (Phi) is 4.40. The SMILES string of the molecule is CO[C@H]1CCN(c2ccc3c(c2)[nH]c2c(C(N)=O)cc(-c4ccc(C)nc4)nc23)C1. The molecule has 4 aromatic rings. The van der Waals surface area contributed by atoms with E-state index >= 15 is 0 Å². The fourth-order valence-electron chi connectivity index (χ4n) is 4.16. The third kappa shape index (κ3) is 3.07. The number of carbonyl (C=O) groups is 1. The van der Waals surface area contributed by atoms with Crippen molar-refractivity contribution in [2.45, 2.75) is 19.4 Å². The number of H-pyrrole nitrogens is 1. The highest BCUT2D eigenvalue weighted by atomic mass is 16.5. The number of rotatable bonds is 4. The number of ether oxygens (including phenoxy) is 1. The average molecular weight is 401 g/mol. The zero-order valence-corrected chi connectivity index (χ0v) is 17.0. The number of amides is 1. The van der Waals surface area contributed by atoms with Crippen molar-refractivity contribution in [2.24, 2.45) is 5.73 Å². The highest BCUT2D eigenvalue weighted by Crippen LogP contribution is 2.33. The molecule has 0 unspecified atom stereocenters. The van der Waals surface area contributed by atoms with Gasteiger partial charge in [0.2, 0.25) is 0 Å². The third-order valence-electron chi connectivity index (χ3n) is 5.85. The van der Waals surface area contributed by atoms with Crippen molar-refractivity contribution in [1.29, 1.82) is 0 Å². The zero-order valence-electron chi connectivity index (χ0n) is 17.0. The Morgan fingerprint density at radius 2 is 2.13 bits per heavy atom. The van der Waals surface area contributed by atoms with Crippen molar-refractivity contribution in [3.8, 4) is 11.3 Å². The molecule has 1 aliphatic heterocycles. The number of fused-ring (bicyclic) bond motifs is 3. The van der Waals surface area contributed by atoms with E-state index in [1.807, 2.05) is 19.1 Å². The minimum absolute atomic E-state index is 0.261. The van der Waals surface area contributed by atoms with Crippen LogP contribution in [0.5, 0.6) is 0 Å². The van der Waals surface area contributed by atoms with Crippen LogP contribution in [-0.2, 0) is 4.74 Å². The number of primary amides is 1. The van der Waals surface area contributed by atoms with Gasteiger partial charge in [-0.05, 0) is 49.7 Å². The minimum atomic E-state index is -0.488. The number of aryl methyl sites for hydroxylation is 1. The van der Waals surface area contributed by atoms with Crippen molar-refractivity contribution in [3.05, 3.63) is 53.9 Å². The predicted octanol–water partition coefficient (Wildman–Crippen LogP) is 3.41. The number of benzene rings is 1. The van der Waals surface area contributed by atoms with E-state index in [1.54, 1.807) is 19.4 Å². The van der Waals surface area contributed by atoms with E-state index in [1.165, 1.54) is 0 Å². The molecular weight excluding hydrogens is 378 g/mol. The third-order valence-corrected chi connectivity index (χ3v) is 5.85. The standard InChI is InChI=1S/C23H23N5O2/c1-13-3-4-14(11-25-13)19-10-18(23(24)29)22-21(26-19)17-6-5-15(9-20(17)27-22)28-8-7-16(12-28)30-2/h3-6,9-11,16,27H,7-8,12H2,1-2H3,(H2,24,29)/t16-/m0/s1. The van der Waals surface area contributed by atoms with Gasteiger partial charge >= 0.3 is 0 Å². The molecular formula is C23H23N5O2. The van der Waals surface area contributed by atoms with Crippen molar-refractivity contribution < 1.29 is 9.53 Å². The first-order valence-electron chi connectivity index (χ1n) is 10.0. The molecule has 152 valence electrons. The smallest absolute Gasteiger partial charge is 0.250 e. The highest BCUT2D eigenvalue weighted by Gasteiger charge is 2.23. The van der Waals surface area contributed by atoms with Gasteiger partial charge in [0.1, 0.15) is 0 Å². The molecule has 1 atom stereocenters.